The number of nitrogens with zero attached hydrogens (tertiary/aromatic N) is 1. The molecule has 1 N–H and O–H groups in total. The maximum absolute atomic E-state index is 5.25. The molecular weight excluding hydrogens is 172 g/mol. The first-order valence-corrected chi connectivity index (χ1v) is 5.07. The normalized spacial score (nSPS) is 23.2. The summed E-state index contributed by atoms with van der Waals surface area (Å²) in [6.45, 7) is 2.62. The van der Waals surface area contributed by atoms with Gasteiger partial charge in [0.2, 0.25) is 0 Å². The molecule has 1 aromatic heterocycles. The van der Waals surface area contributed by atoms with Crippen molar-refractivity contribution in [3.05, 3.63) is 16.6 Å². The van der Waals surface area contributed by atoms with Crippen LogP contribution in [0.25, 0.3) is 0 Å². The summed E-state index contributed by atoms with van der Waals surface area (Å²) in [5, 5.41) is 5.48. The zero-order valence-corrected chi connectivity index (χ0v) is 7.64. The van der Waals surface area contributed by atoms with Crippen LogP contribution in [0.4, 0.5) is 0 Å². The zero-order chi connectivity index (χ0) is 8.23. The minimum absolute atomic E-state index is 0.534. The maximum atomic E-state index is 5.25. The Morgan fingerprint density at radius 2 is 2.75 bits per heavy atom. The standard InChI is InChI=1S/C8H12N2OS/c1-2-11-4-7(1)9-3-8-5-12-6-10-8/h5-7,9H,1-4H2. The third-order valence-corrected chi connectivity index (χ3v) is 2.62. The Morgan fingerprint density at radius 1 is 1.75 bits per heavy atom. The highest BCUT2D eigenvalue weighted by molar-refractivity contribution is 7.07. The Labute approximate surface area is 75.8 Å². The van der Waals surface area contributed by atoms with Crippen molar-refractivity contribution in [3.63, 3.8) is 0 Å². The Morgan fingerprint density at radius 3 is 3.42 bits per heavy atom. The molecule has 1 atom stereocenters. The Hall–Kier alpha value is -0.450. The van der Waals surface area contributed by atoms with Crippen LogP contribution in [0.15, 0.2) is 10.9 Å². The fourth-order valence-corrected chi connectivity index (χ4v) is 1.83. The van der Waals surface area contributed by atoms with E-state index in [1.165, 1.54) is 0 Å². The lowest BCUT2D eigenvalue weighted by atomic mass is 10.2. The van der Waals surface area contributed by atoms with E-state index in [-0.39, 0.29) is 0 Å². The molecular formula is C8H12N2OS. The summed E-state index contributed by atoms with van der Waals surface area (Å²) in [6, 6.07) is 0.534. The van der Waals surface area contributed by atoms with E-state index in [1.54, 1.807) is 11.3 Å². The van der Waals surface area contributed by atoms with Gasteiger partial charge in [0, 0.05) is 24.6 Å². The molecule has 0 amide bonds. The molecule has 1 aliphatic rings. The van der Waals surface area contributed by atoms with Crippen LogP contribution in [-0.2, 0) is 11.3 Å². The van der Waals surface area contributed by atoms with Crippen LogP contribution in [0.3, 0.4) is 0 Å². The largest absolute Gasteiger partial charge is 0.380 e. The van der Waals surface area contributed by atoms with Gasteiger partial charge in [0.15, 0.2) is 0 Å². The summed E-state index contributed by atoms with van der Waals surface area (Å²) in [5.74, 6) is 0. The van der Waals surface area contributed by atoms with E-state index in [4.69, 9.17) is 4.74 Å². The molecule has 1 aromatic rings. The Balaban J connectivity index is 1.74. The number of nitrogens with one attached hydrogen (secondary N) is 1. The van der Waals surface area contributed by atoms with E-state index in [0.717, 1.165) is 31.9 Å². The van der Waals surface area contributed by atoms with Gasteiger partial charge in [0.1, 0.15) is 0 Å². The van der Waals surface area contributed by atoms with Crippen molar-refractivity contribution >= 4 is 11.3 Å². The molecule has 1 unspecified atom stereocenters. The van der Waals surface area contributed by atoms with Crippen molar-refractivity contribution in [1.82, 2.24) is 10.3 Å². The van der Waals surface area contributed by atoms with Gasteiger partial charge in [0.25, 0.3) is 0 Å². The molecule has 1 fully saturated rings. The monoisotopic (exact) mass is 184 g/mol. The zero-order valence-electron chi connectivity index (χ0n) is 6.82. The summed E-state index contributed by atoms with van der Waals surface area (Å²) < 4.78 is 5.25. The van der Waals surface area contributed by atoms with Crippen LogP contribution in [0.1, 0.15) is 12.1 Å². The molecule has 1 aliphatic heterocycles. The highest BCUT2D eigenvalue weighted by Crippen LogP contribution is 2.05. The van der Waals surface area contributed by atoms with Crippen LogP contribution in [0, 0.1) is 0 Å². The van der Waals surface area contributed by atoms with Crippen LogP contribution < -0.4 is 5.32 Å². The molecule has 2 rings (SSSR count). The molecule has 4 heteroatoms. The topological polar surface area (TPSA) is 34.2 Å². The predicted octanol–water partition coefficient (Wildman–Crippen LogP) is 1.02. The van der Waals surface area contributed by atoms with Gasteiger partial charge < -0.3 is 10.1 Å². The van der Waals surface area contributed by atoms with Crippen molar-refractivity contribution in [2.45, 2.75) is 19.0 Å². The second-order valence-corrected chi connectivity index (χ2v) is 3.64. The summed E-state index contributed by atoms with van der Waals surface area (Å²) in [4.78, 5) is 4.19. The summed E-state index contributed by atoms with van der Waals surface area (Å²) in [6.07, 6.45) is 1.13. The van der Waals surface area contributed by atoms with Gasteiger partial charge in [-0.05, 0) is 6.42 Å². The van der Waals surface area contributed by atoms with Crippen molar-refractivity contribution in [2.24, 2.45) is 0 Å². The van der Waals surface area contributed by atoms with E-state index >= 15 is 0 Å². The molecule has 0 aromatic carbocycles. The van der Waals surface area contributed by atoms with Gasteiger partial charge in [0.05, 0.1) is 17.8 Å². The van der Waals surface area contributed by atoms with Crippen molar-refractivity contribution < 1.29 is 4.74 Å². The fourth-order valence-electron chi connectivity index (χ4n) is 1.27. The maximum Gasteiger partial charge on any atom is 0.0795 e. The second-order valence-electron chi connectivity index (χ2n) is 2.92. The van der Waals surface area contributed by atoms with Gasteiger partial charge in [-0.25, -0.2) is 4.98 Å². The van der Waals surface area contributed by atoms with E-state index in [9.17, 15) is 0 Å². The molecule has 2 heterocycles. The van der Waals surface area contributed by atoms with Crippen molar-refractivity contribution in [2.75, 3.05) is 13.2 Å². The van der Waals surface area contributed by atoms with Gasteiger partial charge in [-0.15, -0.1) is 11.3 Å². The van der Waals surface area contributed by atoms with Gasteiger partial charge in [-0.2, -0.15) is 0 Å². The van der Waals surface area contributed by atoms with Gasteiger partial charge in [-0.3, -0.25) is 0 Å². The minimum Gasteiger partial charge on any atom is -0.380 e. The SMILES string of the molecule is c1nc(CNC2CCOC2)cs1. The van der Waals surface area contributed by atoms with E-state index in [1.807, 2.05) is 5.51 Å². The third kappa shape index (κ3) is 2.03. The van der Waals surface area contributed by atoms with E-state index < -0.39 is 0 Å². The quantitative estimate of drug-likeness (QED) is 0.761. The average molecular weight is 184 g/mol. The Bertz CT molecular complexity index is 219. The van der Waals surface area contributed by atoms with Crippen molar-refractivity contribution in [1.29, 1.82) is 0 Å². The molecule has 0 radical (unpaired) electrons. The van der Waals surface area contributed by atoms with E-state index in [2.05, 4.69) is 15.7 Å². The minimum atomic E-state index is 0.534. The second kappa shape index (κ2) is 3.98. The third-order valence-electron chi connectivity index (χ3n) is 1.99. The van der Waals surface area contributed by atoms with Gasteiger partial charge >= 0.3 is 0 Å². The van der Waals surface area contributed by atoms with Gasteiger partial charge in [-0.1, -0.05) is 0 Å². The molecule has 3 nitrogen and oxygen atoms in total. The lowest BCUT2D eigenvalue weighted by molar-refractivity contribution is 0.189. The molecule has 66 valence electrons. The Kier molecular flexibility index (Phi) is 2.71. The molecule has 0 saturated carbocycles. The number of ether oxygens (including phenoxy) is 1. The van der Waals surface area contributed by atoms with Crippen LogP contribution in [0.5, 0.6) is 0 Å². The number of hydrogen-bond donors (Lipinski definition) is 1. The lowest BCUT2D eigenvalue weighted by Crippen LogP contribution is -2.28. The molecule has 0 spiro atoms. The first-order chi connectivity index (χ1) is 5.95. The van der Waals surface area contributed by atoms with Crippen molar-refractivity contribution in [3.8, 4) is 0 Å². The van der Waals surface area contributed by atoms with Crippen LogP contribution >= 0.6 is 11.3 Å². The number of rotatable bonds is 3. The van der Waals surface area contributed by atoms with E-state index in [0.29, 0.717) is 6.04 Å². The highest BCUT2D eigenvalue weighted by atomic mass is 32.1. The smallest absolute Gasteiger partial charge is 0.0795 e. The summed E-state index contributed by atoms with van der Waals surface area (Å²) in [5.41, 5.74) is 2.99. The first-order valence-electron chi connectivity index (χ1n) is 4.13. The predicted molar refractivity (Wildman–Crippen MR) is 48.2 cm³/mol. The summed E-state index contributed by atoms with van der Waals surface area (Å²) in [7, 11) is 0. The molecule has 12 heavy (non-hydrogen) atoms. The molecule has 0 aliphatic carbocycles. The molecule has 0 bridgehead atoms. The molecule has 1 saturated heterocycles. The average Bonchev–Trinajstić information content (AvgIpc) is 2.74. The fraction of sp³-hybridized carbons (Fsp3) is 0.625. The highest BCUT2D eigenvalue weighted by Gasteiger charge is 2.14. The first kappa shape index (κ1) is 8.16. The number of hydrogen-bond acceptors (Lipinski definition) is 4. The number of thiazole rings is 1. The summed E-state index contributed by atoms with van der Waals surface area (Å²) >= 11 is 1.64. The van der Waals surface area contributed by atoms with Crippen LogP contribution in [0.2, 0.25) is 0 Å². The lowest BCUT2D eigenvalue weighted by Gasteiger charge is -2.07. The number of aromatic nitrogens is 1. The van der Waals surface area contributed by atoms with Crippen LogP contribution in [-0.4, -0.2) is 24.2 Å².